The molecule has 0 aliphatic carbocycles. The number of halogens is 1. The molecule has 2 heterocycles. The van der Waals surface area contributed by atoms with Crippen molar-refractivity contribution in [2.24, 2.45) is 0 Å². The molecule has 114 valence electrons. The summed E-state index contributed by atoms with van der Waals surface area (Å²) < 4.78 is 28.3. The molecule has 2 bridgehead atoms. The Balaban J connectivity index is 1.76. The molecule has 3 rings (SSSR count). The number of carbonyl (C=O) groups excluding carboxylic acids is 1. The fourth-order valence-corrected chi connectivity index (χ4v) is 3.91. The predicted octanol–water partition coefficient (Wildman–Crippen LogP) is 1.97. The highest BCUT2D eigenvalue weighted by Gasteiger charge is 2.41. The van der Waals surface area contributed by atoms with Gasteiger partial charge in [-0.3, -0.25) is 4.79 Å². The molecule has 1 amide bonds. The topological polar surface area (TPSA) is 72.5 Å². The molecule has 7 heteroatoms. The molecule has 2 aliphatic heterocycles. The first-order valence-corrected chi connectivity index (χ1v) is 9.17. The molecule has 2 saturated heterocycles. The van der Waals surface area contributed by atoms with Gasteiger partial charge in [-0.2, -0.15) is 0 Å². The molecule has 0 saturated carbocycles. The molecule has 5 nitrogen and oxygen atoms in total. The molecule has 1 N–H and O–H groups in total. The van der Waals surface area contributed by atoms with E-state index in [1.165, 1.54) is 18.2 Å². The van der Waals surface area contributed by atoms with Gasteiger partial charge in [-0.25, -0.2) is 8.42 Å². The van der Waals surface area contributed by atoms with Crippen molar-refractivity contribution < 1.29 is 17.9 Å². The van der Waals surface area contributed by atoms with Crippen LogP contribution in [0.4, 0.5) is 0 Å². The van der Waals surface area contributed by atoms with Gasteiger partial charge in [0.1, 0.15) is 0 Å². The van der Waals surface area contributed by atoms with Crippen LogP contribution in [0.1, 0.15) is 35.2 Å². The summed E-state index contributed by atoms with van der Waals surface area (Å²) >= 11 is 0. The number of fused-ring (bicyclic) bond motifs is 2. The Bertz CT molecular complexity index is 688. The largest absolute Gasteiger partial charge is 0.373 e. The van der Waals surface area contributed by atoms with Crippen molar-refractivity contribution >= 4 is 25.6 Å². The maximum absolute atomic E-state index is 12.3. The first-order chi connectivity index (χ1) is 9.84. The zero-order valence-corrected chi connectivity index (χ0v) is 13.1. The molecule has 0 radical (unpaired) electrons. The summed E-state index contributed by atoms with van der Waals surface area (Å²) in [7, 11) is 1.52. The van der Waals surface area contributed by atoms with Crippen molar-refractivity contribution in [3.8, 4) is 0 Å². The number of aryl methyl sites for hydroxylation is 1. The van der Waals surface area contributed by atoms with E-state index in [1.807, 2.05) is 0 Å². The van der Waals surface area contributed by atoms with Crippen LogP contribution in [0.3, 0.4) is 0 Å². The molecular formula is C14H16ClNO4S. The number of rotatable bonds is 3. The molecule has 1 aromatic rings. The van der Waals surface area contributed by atoms with Gasteiger partial charge in [0.25, 0.3) is 15.0 Å². The van der Waals surface area contributed by atoms with E-state index in [0.29, 0.717) is 11.1 Å². The van der Waals surface area contributed by atoms with Gasteiger partial charge in [-0.05, 0) is 49.9 Å². The van der Waals surface area contributed by atoms with Crippen molar-refractivity contribution in [3.05, 3.63) is 29.3 Å². The summed E-state index contributed by atoms with van der Waals surface area (Å²) in [6, 6.07) is 4.30. The quantitative estimate of drug-likeness (QED) is 0.861. The van der Waals surface area contributed by atoms with E-state index in [1.54, 1.807) is 6.92 Å². The van der Waals surface area contributed by atoms with Gasteiger partial charge in [0.2, 0.25) is 0 Å². The first-order valence-electron chi connectivity index (χ1n) is 6.86. The highest BCUT2D eigenvalue weighted by atomic mass is 35.7. The highest BCUT2D eigenvalue weighted by Crippen LogP contribution is 2.34. The SMILES string of the molecule is Cc1cc(S(=O)(=O)Cl)ccc1C(=O)NC1CC2CCC1O2. The number of benzene rings is 1. The molecule has 0 spiro atoms. The third-order valence-corrected chi connectivity index (χ3v) is 5.50. The molecule has 3 atom stereocenters. The zero-order valence-electron chi connectivity index (χ0n) is 11.5. The predicted molar refractivity (Wildman–Crippen MR) is 78.0 cm³/mol. The van der Waals surface area contributed by atoms with Crippen LogP contribution in [-0.4, -0.2) is 32.6 Å². The van der Waals surface area contributed by atoms with E-state index >= 15 is 0 Å². The molecule has 3 unspecified atom stereocenters. The lowest BCUT2D eigenvalue weighted by Gasteiger charge is -2.20. The summed E-state index contributed by atoms with van der Waals surface area (Å²) in [4.78, 5) is 12.3. The number of nitrogens with one attached hydrogen (secondary N) is 1. The zero-order chi connectivity index (χ0) is 15.2. The number of hydrogen-bond acceptors (Lipinski definition) is 4. The molecule has 1 aromatic carbocycles. The van der Waals surface area contributed by atoms with Gasteiger partial charge in [0.15, 0.2) is 0 Å². The summed E-state index contributed by atoms with van der Waals surface area (Å²) in [5, 5.41) is 2.98. The Morgan fingerprint density at radius 3 is 2.67 bits per heavy atom. The minimum atomic E-state index is -3.78. The molecular weight excluding hydrogens is 314 g/mol. The first kappa shape index (κ1) is 14.8. The molecule has 0 aromatic heterocycles. The second kappa shape index (κ2) is 5.26. The number of carbonyl (C=O) groups is 1. The van der Waals surface area contributed by atoms with E-state index in [2.05, 4.69) is 5.32 Å². The Morgan fingerprint density at radius 2 is 2.14 bits per heavy atom. The van der Waals surface area contributed by atoms with E-state index in [-0.39, 0.29) is 29.1 Å². The van der Waals surface area contributed by atoms with Crippen LogP contribution in [0.15, 0.2) is 23.1 Å². The van der Waals surface area contributed by atoms with Gasteiger partial charge in [-0.15, -0.1) is 0 Å². The van der Waals surface area contributed by atoms with Gasteiger partial charge in [-0.1, -0.05) is 0 Å². The highest BCUT2D eigenvalue weighted by molar-refractivity contribution is 8.13. The van der Waals surface area contributed by atoms with E-state index in [0.717, 1.165) is 19.3 Å². The maximum Gasteiger partial charge on any atom is 0.261 e. The van der Waals surface area contributed by atoms with Crippen molar-refractivity contribution in [2.75, 3.05) is 0 Å². The fourth-order valence-electron chi connectivity index (χ4n) is 3.08. The van der Waals surface area contributed by atoms with Gasteiger partial charge < -0.3 is 10.1 Å². The lowest BCUT2D eigenvalue weighted by molar-refractivity contribution is 0.0840. The average Bonchev–Trinajstić information content (AvgIpc) is 2.99. The Morgan fingerprint density at radius 1 is 1.38 bits per heavy atom. The number of hydrogen-bond donors (Lipinski definition) is 1. The van der Waals surface area contributed by atoms with Crippen LogP contribution in [0.2, 0.25) is 0 Å². The number of amides is 1. The standard InChI is InChI=1S/C14H16ClNO4S/c1-8-6-10(21(15,18)19)3-4-11(8)14(17)16-12-7-9-2-5-13(12)20-9/h3-4,6,9,12-13H,2,5,7H2,1H3,(H,16,17). The monoisotopic (exact) mass is 329 g/mol. The minimum absolute atomic E-state index is 0.00136. The van der Waals surface area contributed by atoms with Crippen molar-refractivity contribution in [1.82, 2.24) is 5.32 Å². The van der Waals surface area contributed by atoms with Crippen molar-refractivity contribution in [3.63, 3.8) is 0 Å². The minimum Gasteiger partial charge on any atom is -0.373 e. The fraction of sp³-hybridized carbons (Fsp3) is 0.500. The Labute approximate surface area is 128 Å². The third-order valence-electron chi connectivity index (χ3n) is 4.15. The lowest BCUT2D eigenvalue weighted by atomic mass is 9.95. The summed E-state index contributed by atoms with van der Waals surface area (Å²) in [5.74, 6) is -0.202. The van der Waals surface area contributed by atoms with Crippen LogP contribution < -0.4 is 5.32 Å². The second-order valence-corrected chi connectivity index (χ2v) is 8.17. The Hall–Kier alpha value is -1.11. The molecule has 2 aliphatic rings. The summed E-state index contributed by atoms with van der Waals surface area (Å²) in [5.41, 5.74) is 1.04. The molecule has 2 fully saturated rings. The van der Waals surface area contributed by atoms with Crippen molar-refractivity contribution in [2.45, 2.75) is 49.3 Å². The maximum atomic E-state index is 12.3. The molecule has 21 heavy (non-hydrogen) atoms. The third kappa shape index (κ3) is 2.93. The van der Waals surface area contributed by atoms with Crippen LogP contribution in [0, 0.1) is 6.92 Å². The normalized spacial score (nSPS) is 27.8. The van der Waals surface area contributed by atoms with E-state index < -0.39 is 9.05 Å². The van der Waals surface area contributed by atoms with Gasteiger partial charge in [0, 0.05) is 16.2 Å². The summed E-state index contributed by atoms with van der Waals surface area (Å²) in [6.45, 7) is 1.69. The van der Waals surface area contributed by atoms with Gasteiger partial charge >= 0.3 is 0 Å². The smallest absolute Gasteiger partial charge is 0.261 e. The van der Waals surface area contributed by atoms with Crippen LogP contribution in [-0.2, 0) is 13.8 Å². The van der Waals surface area contributed by atoms with Crippen LogP contribution in [0.25, 0.3) is 0 Å². The van der Waals surface area contributed by atoms with E-state index in [9.17, 15) is 13.2 Å². The van der Waals surface area contributed by atoms with E-state index in [4.69, 9.17) is 15.4 Å². The number of ether oxygens (including phenoxy) is 1. The average molecular weight is 330 g/mol. The summed E-state index contributed by atoms with van der Waals surface area (Å²) in [6.07, 6.45) is 3.28. The van der Waals surface area contributed by atoms with Crippen molar-refractivity contribution in [1.29, 1.82) is 0 Å². The van der Waals surface area contributed by atoms with Crippen LogP contribution >= 0.6 is 10.7 Å². The lowest BCUT2D eigenvalue weighted by Crippen LogP contribution is -2.41. The van der Waals surface area contributed by atoms with Gasteiger partial charge in [0.05, 0.1) is 23.1 Å². The second-order valence-electron chi connectivity index (χ2n) is 5.60. The Kier molecular flexibility index (Phi) is 3.71. The van der Waals surface area contributed by atoms with Crippen LogP contribution in [0.5, 0.6) is 0 Å².